The Morgan fingerprint density at radius 1 is 1.04 bits per heavy atom. The van der Waals surface area contributed by atoms with Crippen LogP contribution in [-0.4, -0.2) is 32.4 Å². The maximum atomic E-state index is 11.9. The van der Waals surface area contributed by atoms with Crippen LogP contribution in [0.5, 0.6) is 0 Å². The maximum absolute atomic E-state index is 11.9. The zero-order valence-electron chi connectivity index (χ0n) is 14.1. The van der Waals surface area contributed by atoms with E-state index in [1.807, 2.05) is 36.4 Å². The van der Waals surface area contributed by atoms with E-state index in [2.05, 4.69) is 12.2 Å². The smallest absolute Gasteiger partial charge is 0.175 e. The summed E-state index contributed by atoms with van der Waals surface area (Å²) < 4.78 is 23.7. The van der Waals surface area contributed by atoms with E-state index in [-0.39, 0.29) is 18.7 Å². The second kappa shape index (κ2) is 8.42. The largest absolute Gasteiger partial charge is 0.396 e. The second-order valence-corrected chi connectivity index (χ2v) is 8.14. The summed E-state index contributed by atoms with van der Waals surface area (Å²) in [5.41, 5.74) is 2.00. The molecule has 0 aliphatic rings. The number of aliphatic hydroxyl groups excluding tert-OH is 1. The van der Waals surface area contributed by atoms with E-state index < -0.39 is 9.84 Å². The summed E-state index contributed by atoms with van der Waals surface area (Å²) in [7, 11) is -3.24. The summed E-state index contributed by atoms with van der Waals surface area (Å²) in [6, 6.07) is 17.2. The van der Waals surface area contributed by atoms with E-state index in [4.69, 9.17) is 5.11 Å². The first kappa shape index (κ1) is 18.6. The molecule has 2 rings (SSSR count). The lowest BCUT2D eigenvalue weighted by Crippen LogP contribution is -2.31. The Bertz CT molecular complexity index is 744. The molecular weight excluding hydrogens is 322 g/mol. The molecule has 2 unspecified atom stereocenters. The van der Waals surface area contributed by atoms with Gasteiger partial charge in [-0.05, 0) is 43.0 Å². The van der Waals surface area contributed by atoms with Gasteiger partial charge in [0.2, 0.25) is 0 Å². The number of aliphatic hydroxyl groups is 1. The minimum absolute atomic E-state index is 0.0957. The lowest BCUT2D eigenvalue weighted by atomic mass is 9.97. The van der Waals surface area contributed by atoms with Gasteiger partial charge in [-0.1, -0.05) is 42.5 Å². The third kappa shape index (κ3) is 5.16. The van der Waals surface area contributed by atoms with Crippen molar-refractivity contribution in [2.24, 2.45) is 0 Å². The van der Waals surface area contributed by atoms with Gasteiger partial charge >= 0.3 is 0 Å². The van der Waals surface area contributed by atoms with Crippen molar-refractivity contribution in [3.8, 4) is 0 Å². The maximum Gasteiger partial charge on any atom is 0.175 e. The SMILES string of the molecule is CC(CCCO)NC(c1ccccc1)c1cccc(S(C)(=O)=O)c1. The fourth-order valence-electron chi connectivity index (χ4n) is 2.72. The summed E-state index contributed by atoms with van der Waals surface area (Å²) in [6.45, 7) is 2.25. The first-order chi connectivity index (χ1) is 11.4. The van der Waals surface area contributed by atoms with Crippen LogP contribution in [0.15, 0.2) is 59.5 Å². The molecule has 5 heteroatoms. The van der Waals surface area contributed by atoms with Crippen LogP contribution in [-0.2, 0) is 9.84 Å². The monoisotopic (exact) mass is 347 g/mol. The third-order valence-electron chi connectivity index (χ3n) is 4.00. The molecular formula is C19H25NO3S. The Morgan fingerprint density at radius 2 is 1.71 bits per heavy atom. The number of hydrogen-bond donors (Lipinski definition) is 2. The highest BCUT2D eigenvalue weighted by Crippen LogP contribution is 2.25. The van der Waals surface area contributed by atoms with Crippen LogP contribution in [0, 0.1) is 0 Å². The van der Waals surface area contributed by atoms with Gasteiger partial charge in [-0.3, -0.25) is 0 Å². The van der Waals surface area contributed by atoms with Crippen LogP contribution in [0.2, 0.25) is 0 Å². The Hall–Kier alpha value is -1.69. The summed E-state index contributed by atoms with van der Waals surface area (Å²) in [5, 5.41) is 12.6. The van der Waals surface area contributed by atoms with Crippen molar-refractivity contribution >= 4 is 9.84 Å². The van der Waals surface area contributed by atoms with E-state index in [1.165, 1.54) is 6.26 Å². The Morgan fingerprint density at radius 3 is 2.33 bits per heavy atom. The Kier molecular flexibility index (Phi) is 6.54. The van der Waals surface area contributed by atoms with Crippen molar-refractivity contribution in [3.63, 3.8) is 0 Å². The average Bonchev–Trinajstić information content (AvgIpc) is 2.58. The first-order valence-electron chi connectivity index (χ1n) is 8.13. The molecule has 0 heterocycles. The van der Waals surface area contributed by atoms with Crippen LogP contribution in [0.25, 0.3) is 0 Å². The van der Waals surface area contributed by atoms with Crippen molar-refractivity contribution in [1.29, 1.82) is 0 Å². The number of benzene rings is 2. The topological polar surface area (TPSA) is 66.4 Å². The molecule has 4 nitrogen and oxygen atoms in total. The van der Waals surface area contributed by atoms with E-state index in [1.54, 1.807) is 18.2 Å². The molecule has 2 aromatic rings. The molecule has 0 saturated carbocycles. The molecule has 130 valence electrons. The fourth-order valence-corrected chi connectivity index (χ4v) is 3.40. The van der Waals surface area contributed by atoms with Gasteiger partial charge in [-0.25, -0.2) is 8.42 Å². The predicted molar refractivity (Wildman–Crippen MR) is 96.8 cm³/mol. The summed E-state index contributed by atoms with van der Waals surface area (Å²) in [6.07, 6.45) is 2.81. The summed E-state index contributed by atoms with van der Waals surface area (Å²) >= 11 is 0. The van der Waals surface area contributed by atoms with Crippen molar-refractivity contribution in [1.82, 2.24) is 5.32 Å². The highest BCUT2D eigenvalue weighted by molar-refractivity contribution is 7.90. The van der Waals surface area contributed by atoms with Gasteiger partial charge < -0.3 is 10.4 Å². The number of rotatable bonds is 8. The molecule has 0 fully saturated rings. The highest BCUT2D eigenvalue weighted by atomic mass is 32.2. The second-order valence-electron chi connectivity index (χ2n) is 6.12. The zero-order chi connectivity index (χ0) is 17.6. The number of sulfone groups is 1. The minimum Gasteiger partial charge on any atom is -0.396 e. The average molecular weight is 347 g/mol. The normalized spacial score (nSPS) is 14.3. The van der Waals surface area contributed by atoms with Crippen molar-refractivity contribution in [2.75, 3.05) is 12.9 Å². The molecule has 24 heavy (non-hydrogen) atoms. The Balaban J connectivity index is 2.36. The van der Waals surface area contributed by atoms with E-state index >= 15 is 0 Å². The predicted octanol–water partition coefficient (Wildman–Crippen LogP) is 2.93. The van der Waals surface area contributed by atoms with Gasteiger partial charge in [0.1, 0.15) is 0 Å². The van der Waals surface area contributed by atoms with Gasteiger partial charge in [0.05, 0.1) is 10.9 Å². The molecule has 0 saturated heterocycles. The lowest BCUT2D eigenvalue weighted by molar-refractivity contribution is 0.275. The lowest BCUT2D eigenvalue weighted by Gasteiger charge is -2.24. The van der Waals surface area contributed by atoms with Gasteiger partial charge in [0.25, 0.3) is 0 Å². The standard InChI is InChI=1S/C19H25NO3S/c1-15(8-7-13-21)20-19(16-9-4-3-5-10-16)17-11-6-12-18(14-17)24(2,22)23/h3-6,9-12,14-15,19-21H,7-8,13H2,1-2H3. The third-order valence-corrected chi connectivity index (χ3v) is 5.11. The summed E-state index contributed by atoms with van der Waals surface area (Å²) in [4.78, 5) is 0.325. The molecule has 0 spiro atoms. The molecule has 2 atom stereocenters. The number of hydrogen-bond acceptors (Lipinski definition) is 4. The Labute approximate surface area is 144 Å². The molecule has 0 bridgehead atoms. The van der Waals surface area contributed by atoms with Gasteiger partial charge in [0, 0.05) is 18.9 Å². The van der Waals surface area contributed by atoms with Crippen LogP contribution in [0.4, 0.5) is 0 Å². The molecule has 0 radical (unpaired) electrons. The van der Waals surface area contributed by atoms with Crippen molar-refractivity contribution in [2.45, 2.75) is 36.7 Å². The fraction of sp³-hybridized carbons (Fsp3) is 0.368. The van der Waals surface area contributed by atoms with E-state index in [0.717, 1.165) is 24.0 Å². The minimum atomic E-state index is -3.24. The zero-order valence-corrected chi connectivity index (χ0v) is 15.0. The van der Waals surface area contributed by atoms with Gasteiger partial charge in [-0.15, -0.1) is 0 Å². The van der Waals surface area contributed by atoms with Crippen LogP contribution < -0.4 is 5.32 Å². The van der Waals surface area contributed by atoms with Crippen LogP contribution in [0.3, 0.4) is 0 Å². The molecule has 0 aliphatic carbocycles. The summed E-state index contributed by atoms with van der Waals surface area (Å²) in [5.74, 6) is 0. The molecule has 2 aromatic carbocycles. The molecule has 0 amide bonds. The first-order valence-corrected chi connectivity index (χ1v) is 10.0. The van der Waals surface area contributed by atoms with E-state index in [9.17, 15) is 8.42 Å². The molecule has 2 N–H and O–H groups in total. The molecule has 0 aromatic heterocycles. The quantitative estimate of drug-likeness (QED) is 0.770. The van der Waals surface area contributed by atoms with Crippen molar-refractivity contribution in [3.05, 3.63) is 65.7 Å². The van der Waals surface area contributed by atoms with Crippen LogP contribution >= 0.6 is 0 Å². The highest BCUT2D eigenvalue weighted by Gasteiger charge is 2.18. The molecule has 0 aliphatic heterocycles. The van der Waals surface area contributed by atoms with E-state index in [0.29, 0.717) is 4.90 Å². The van der Waals surface area contributed by atoms with Gasteiger partial charge in [0.15, 0.2) is 9.84 Å². The number of nitrogens with one attached hydrogen (secondary N) is 1. The van der Waals surface area contributed by atoms with Crippen LogP contribution in [0.1, 0.15) is 36.9 Å². The van der Waals surface area contributed by atoms with Gasteiger partial charge in [-0.2, -0.15) is 0 Å². The van der Waals surface area contributed by atoms with Crippen molar-refractivity contribution < 1.29 is 13.5 Å².